The summed E-state index contributed by atoms with van der Waals surface area (Å²) in [4.78, 5) is 22.2. The lowest BCUT2D eigenvalue weighted by Crippen LogP contribution is -2.39. The van der Waals surface area contributed by atoms with Crippen LogP contribution in [0, 0.1) is 0 Å². The van der Waals surface area contributed by atoms with E-state index in [4.69, 9.17) is 0 Å². The van der Waals surface area contributed by atoms with E-state index in [-0.39, 0.29) is 5.91 Å². The highest BCUT2D eigenvalue weighted by Crippen LogP contribution is 2.20. The molecule has 19 heavy (non-hydrogen) atoms. The van der Waals surface area contributed by atoms with Gasteiger partial charge in [0.25, 0.3) is 0 Å². The van der Waals surface area contributed by atoms with Gasteiger partial charge in [-0.05, 0) is 25.3 Å². The predicted octanol–water partition coefficient (Wildman–Crippen LogP) is 0.241. The number of anilines is 1. The highest BCUT2D eigenvalue weighted by Gasteiger charge is 2.29. The number of nitrogens with zero attached hydrogens (tertiary/aromatic N) is 3. The summed E-state index contributed by atoms with van der Waals surface area (Å²) in [5.74, 6) is 0.339. The van der Waals surface area contributed by atoms with Gasteiger partial charge in [0.05, 0.1) is 6.54 Å². The fraction of sp³-hybridized carbons (Fsp3) is 0.615. The van der Waals surface area contributed by atoms with E-state index in [9.17, 15) is 4.79 Å². The second-order valence-corrected chi connectivity index (χ2v) is 5.28. The quantitative estimate of drug-likeness (QED) is 0.816. The van der Waals surface area contributed by atoms with Crippen LogP contribution >= 0.6 is 0 Å². The molecule has 0 spiro atoms. The van der Waals surface area contributed by atoms with Crippen LogP contribution in [0.1, 0.15) is 19.3 Å². The van der Waals surface area contributed by atoms with Crippen molar-refractivity contribution in [1.82, 2.24) is 20.2 Å². The molecular formula is C13H19N5O. The van der Waals surface area contributed by atoms with Gasteiger partial charge in [-0.3, -0.25) is 15.0 Å². The summed E-state index contributed by atoms with van der Waals surface area (Å²) in [7, 11) is 0. The summed E-state index contributed by atoms with van der Waals surface area (Å²) in [6.45, 7) is 2.36. The minimum atomic E-state index is -0.0380. The maximum Gasteiger partial charge on any atom is 0.240 e. The van der Waals surface area contributed by atoms with E-state index in [1.807, 2.05) is 0 Å². The molecular weight excluding hydrogens is 242 g/mol. The van der Waals surface area contributed by atoms with Crippen LogP contribution in [0.4, 0.5) is 5.95 Å². The second kappa shape index (κ2) is 5.63. The standard InChI is InChI=1S/C13H19N5O/c19-12(17-13-14-5-1-6-15-13)9-18-7-4-10-2-3-11(8-18)16-10/h1,5-6,10-11,16H,2-4,7-9H2,(H,14,15,17,19). The van der Waals surface area contributed by atoms with Gasteiger partial charge in [-0.1, -0.05) is 0 Å². The average molecular weight is 261 g/mol. The first-order valence-corrected chi connectivity index (χ1v) is 6.85. The molecule has 3 heterocycles. The van der Waals surface area contributed by atoms with Gasteiger partial charge in [0, 0.05) is 37.6 Å². The number of fused-ring (bicyclic) bond motifs is 2. The Labute approximate surface area is 112 Å². The average Bonchev–Trinajstić information content (AvgIpc) is 2.74. The Morgan fingerprint density at radius 3 is 2.95 bits per heavy atom. The normalized spacial score (nSPS) is 26.9. The summed E-state index contributed by atoms with van der Waals surface area (Å²) < 4.78 is 0. The van der Waals surface area contributed by atoms with Crippen molar-refractivity contribution in [3.63, 3.8) is 0 Å². The van der Waals surface area contributed by atoms with Gasteiger partial charge < -0.3 is 5.32 Å². The van der Waals surface area contributed by atoms with Gasteiger partial charge in [0.15, 0.2) is 0 Å². The summed E-state index contributed by atoms with van der Waals surface area (Å²) >= 11 is 0. The molecule has 0 aromatic carbocycles. The lowest BCUT2D eigenvalue weighted by molar-refractivity contribution is -0.117. The predicted molar refractivity (Wildman–Crippen MR) is 71.7 cm³/mol. The first-order chi connectivity index (χ1) is 9.29. The smallest absolute Gasteiger partial charge is 0.240 e. The van der Waals surface area contributed by atoms with Gasteiger partial charge in [-0.2, -0.15) is 0 Å². The minimum Gasteiger partial charge on any atom is -0.310 e. The zero-order valence-electron chi connectivity index (χ0n) is 10.9. The number of nitrogens with one attached hydrogen (secondary N) is 2. The Morgan fingerprint density at radius 1 is 1.32 bits per heavy atom. The second-order valence-electron chi connectivity index (χ2n) is 5.28. The molecule has 1 amide bonds. The van der Waals surface area contributed by atoms with Crippen molar-refractivity contribution in [3.05, 3.63) is 18.5 Å². The number of carbonyl (C=O) groups excluding carboxylic acids is 1. The van der Waals surface area contributed by atoms with E-state index >= 15 is 0 Å². The molecule has 3 rings (SSSR count). The van der Waals surface area contributed by atoms with Crippen molar-refractivity contribution in [2.24, 2.45) is 0 Å². The van der Waals surface area contributed by atoms with Crippen molar-refractivity contribution < 1.29 is 4.79 Å². The molecule has 2 unspecified atom stereocenters. The van der Waals surface area contributed by atoms with Crippen molar-refractivity contribution in [3.8, 4) is 0 Å². The van der Waals surface area contributed by atoms with Crippen molar-refractivity contribution in [2.45, 2.75) is 31.3 Å². The van der Waals surface area contributed by atoms with E-state index in [1.165, 1.54) is 12.8 Å². The Balaban J connectivity index is 1.52. The van der Waals surface area contributed by atoms with E-state index < -0.39 is 0 Å². The molecule has 1 aromatic rings. The molecule has 1 aromatic heterocycles. The Kier molecular flexibility index (Phi) is 3.70. The summed E-state index contributed by atoms with van der Waals surface area (Å²) in [6, 6.07) is 2.93. The number of aromatic nitrogens is 2. The summed E-state index contributed by atoms with van der Waals surface area (Å²) in [5.41, 5.74) is 0. The third kappa shape index (κ3) is 3.27. The Hall–Kier alpha value is -1.53. The third-order valence-corrected chi connectivity index (χ3v) is 3.79. The van der Waals surface area contributed by atoms with Gasteiger partial charge in [0.2, 0.25) is 11.9 Å². The highest BCUT2D eigenvalue weighted by atomic mass is 16.2. The van der Waals surface area contributed by atoms with E-state index in [2.05, 4.69) is 25.5 Å². The molecule has 2 N–H and O–H groups in total. The number of rotatable bonds is 3. The molecule has 6 nitrogen and oxygen atoms in total. The van der Waals surface area contributed by atoms with Gasteiger partial charge >= 0.3 is 0 Å². The molecule has 2 bridgehead atoms. The monoisotopic (exact) mass is 261 g/mol. The number of amides is 1. The lowest BCUT2D eigenvalue weighted by Gasteiger charge is -2.22. The van der Waals surface area contributed by atoms with E-state index in [1.54, 1.807) is 18.5 Å². The molecule has 6 heteroatoms. The van der Waals surface area contributed by atoms with Gasteiger partial charge in [0.1, 0.15) is 0 Å². The van der Waals surface area contributed by atoms with E-state index in [0.717, 1.165) is 19.5 Å². The van der Waals surface area contributed by atoms with Crippen molar-refractivity contribution in [1.29, 1.82) is 0 Å². The molecule has 2 atom stereocenters. The van der Waals surface area contributed by atoms with E-state index in [0.29, 0.717) is 24.6 Å². The van der Waals surface area contributed by atoms with Gasteiger partial charge in [-0.15, -0.1) is 0 Å². The highest BCUT2D eigenvalue weighted by molar-refractivity contribution is 5.90. The van der Waals surface area contributed by atoms with Crippen LogP contribution in [0.2, 0.25) is 0 Å². The topological polar surface area (TPSA) is 70.2 Å². The molecule has 2 aliphatic rings. The Morgan fingerprint density at radius 2 is 2.11 bits per heavy atom. The molecule has 0 aliphatic carbocycles. The number of hydrogen-bond donors (Lipinski definition) is 2. The zero-order chi connectivity index (χ0) is 13.1. The lowest BCUT2D eigenvalue weighted by atomic mass is 10.1. The fourth-order valence-corrected chi connectivity index (χ4v) is 2.89. The molecule has 0 saturated carbocycles. The number of likely N-dealkylation sites (tertiary alicyclic amines) is 1. The molecule has 102 valence electrons. The number of hydrogen-bond acceptors (Lipinski definition) is 5. The maximum absolute atomic E-state index is 11.9. The van der Waals surface area contributed by atoms with Crippen LogP contribution in [-0.4, -0.2) is 52.5 Å². The maximum atomic E-state index is 11.9. The molecule has 2 aliphatic heterocycles. The van der Waals surface area contributed by atoms with Gasteiger partial charge in [-0.25, -0.2) is 9.97 Å². The third-order valence-electron chi connectivity index (χ3n) is 3.79. The van der Waals surface area contributed by atoms with Crippen LogP contribution in [-0.2, 0) is 4.79 Å². The zero-order valence-corrected chi connectivity index (χ0v) is 10.9. The van der Waals surface area contributed by atoms with Crippen LogP contribution in [0.3, 0.4) is 0 Å². The van der Waals surface area contributed by atoms with Crippen LogP contribution in [0.5, 0.6) is 0 Å². The minimum absolute atomic E-state index is 0.0380. The molecule has 2 saturated heterocycles. The first kappa shape index (κ1) is 12.5. The largest absolute Gasteiger partial charge is 0.310 e. The van der Waals surface area contributed by atoms with Crippen LogP contribution in [0.15, 0.2) is 18.5 Å². The van der Waals surface area contributed by atoms with Crippen molar-refractivity contribution >= 4 is 11.9 Å². The summed E-state index contributed by atoms with van der Waals surface area (Å²) in [5, 5.41) is 6.34. The van der Waals surface area contributed by atoms with Crippen molar-refractivity contribution in [2.75, 3.05) is 25.0 Å². The van der Waals surface area contributed by atoms with Crippen LogP contribution < -0.4 is 10.6 Å². The summed E-state index contributed by atoms with van der Waals surface area (Å²) in [6.07, 6.45) is 6.88. The fourth-order valence-electron chi connectivity index (χ4n) is 2.89. The Bertz CT molecular complexity index is 438. The number of carbonyl (C=O) groups is 1. The van der Waals surface area contributed by atoms with Crippen LogP contribution in [0.25, 0.3) is 0 Å². The molecule has 0 radical (unpaired) electrons. The SMILES string of the molecule is O=C(CN1CCC2CCC(C1)N2)Nc1ncccn1. The first-order valence-electron chi connectivity index (χ1n) is 6.85. The molecule has 2 fully saturated rings.